The van der Waals surface area contributed by atoms with Gasteiger partial charge in [0.05, 0.1) is 11.1 Å². The minimum atomic E-state index is -3.85. The summed E-state index contributed by atoms with van der Waals surface area (Å²) in [5, 5.41) is 7.51. The van der Waals surface area contributed by atoms with Gasteiger partial charge in [-0.2, -0.15) is 8.42 Å². The molecule has 0 saturated heterocycles. The van der Waals surface area contributed by atoms with Crippen LogP contribution in [0.25, 0.3) is 10.9 Å². The Morgan fingerprint density at radius 2 is 1.95 bits per heavy atom. The molecule has 0 atom stereocenters. The van der Waals surface area contributed by atoms with Gasteiger partial charge in [0.2, 0.25) is 0 Å². The maximum Gasteiger partial charge on any atom is 0.328 e. The molecule has 0 spiro atoms. The second-order valence-electron chi connectivity index (χ2n) is 4.68. The van der Waals surface area contributed by atoms with E-state index in [0.717, 1.165) is 19.3 Å². The van der Waals surface area contributed by atoms with E-state index in [0.29, 0.717) is 16.8 Å². The first-order chi connectivity index (χ1) is 10.0. The number of unbranched alkanes of at least 4 members (excludes halogenated alkanes) is 3. The van der Waals surface area contributed by atoms with Gasteiger partial charge in [-0.15, -0.1) is 5.10 Å². The van der Waals surface area contributed by atoms with Crippen LogP contribution in [0.2, 0.25) is 0 Å². The Labute approximate surface area is 122 Å². The van der Waals surface area contributed by atoms with Crippen molar-refractivity contribution in [3.63, 3.8) is 0 Å². The molecule has 0 aliphatic heterocycles. The molecule has 0 radical (unpaired) electrons. The van der Waals surface area contributed by atoms with Crippen LogP contribution in [0, 0.1) is 0 Å². The fourth-order valence-corrected chi connectivity index (χ4v) is 2.82. The van der Waals surface area contributed by atoms with Crippen LogP contribution in [-0.2, 0) is 10.1 Å². The van der Waals surface area contributed by atoms with Gasteiger partial charge in [0.25, 0.3) is 0 Å². The van der Waals surface area contributed by atoms with Gasteiger partial charge < -0.3 is 0 Å². The minimum absolute atomic E-state index is 0.145. The molecule has 0 aliphatic rings. The van der Waals surface area contributed by atoms with E-state index in [1.54, 1.807) is 24.3 Å². The van der Waals surface area contributed by atoms with Gasteiger partial charge in [0, 0.05) is 0 Å². The van der Waals surface area contributed by atoms with Gasteiger partial charge in [0.1, 0.15) is 5.52 Å². The highest BCUT2D eigenvalue weighted by Crippen LogP contribution is 2.04. The first-order valence-corrected chi connectivity index (χ1v) is 8.38. The van der Waals surface area contributed by atoms with Crippen LogP contribution in [-0.4, -0.2) is 29.3 Å². The Hall–Kier alpha value is -1.96. The predicted molar refractivity (Wildman–Crippen MR) is 78.3 cm³/mol. The maximum absolute atomic E-state index is 12.1. The normalized spacial score (nSPS) is 11.7. The Kier molecular flexibility index (Phi) is 4.89. The molecule has 7 nitrogen and oxygen atoms in total. The van der Waals surface area contributed by atoms with Crippen LogP contribution in [0.4, 0.5) is 0 Å². The second-order valence-corrected chi connectivity index (χ2v) is 6.35. The molecule has 0 fully saturated rings. The molecule has 2 aromatic rings. The van der Waals surface area contributed by atoms with Crippen LogP contribution >= 0.6 is 0 Å². The van der Waals surface area contributed by atoms with Crippen molar-refractivity contribution in [3.05, 3.63) is 34.6 Å². The summed E-state index contributed by atoms with van der Waals surface area (Å²) in [6, 6.07) is 6.54. The second kappa shape index (κ2) is 6.66. The molecule has 114 valence electrons. The fourth-order valence-electron chi connectivity index (χ4n) is 1.87. The van der Waals surface area contributed by atoms with Gasteiger partial charge in [-0.25, -0.2) is 0 Å². The predicted octanol–water partition coefficient (Wildman–Crippen LogP) is 1.13. The molecule has 8 heteroatoms. The molecule has 0 saturated carbocycles. The van der Waals surface area contributed by atoms with Crippen LogP contribution in [0.5, 0.6) is 0 Å². The standard InChI is InChI=1S/C13H17N3O4S/c1-2-3-4-7-10-21(18,19)20-16-13(17)11-8-5-6-9-12(11)14-15-16/h5-6,8-9H,2-4,7,10H2,1H3. The average Bonchev–Trinajstić information content (AvgIpc) is 2.47. The SMILES string of the molecule is CCCCCCS(=O)(=O)On1nnc2ccccc2c1=O. The van der Waals surface area contributed by atoms with Crippen molar-refractivity contribution in [3.8, 4) is 0 Å². The third-order valence-corrected chi connectivity index (χ3v) is 4.13. The molecule has 0 unspecified atom stereocenters. The molecule has 0 bridgehead atoms. The number of hydrogen-bond donors (Lipinski definition) is 0. The Morgan fingerprint density at radius 3 is 2.71 bits per heavy atom. The number of nitrogens with zero attached hydrogens (tertiary/aromatic N) is 3. The number of fused-ring (bicyclic) bond motifs is 1. The number of rotatable bonds is 7. The number of benzene rings is 1. The van der Waals surface area contributed by atoms with Gasteiger partial charge in [-0.3, -0.25) is 9.08 Å². The topological polar surface area (TPSA) is 91.2 Å². The Morgan fingerprint density at radius 1 is 1.19 bits per heavy atom. The summed E-state index contributed by atoms with van der Waals surface area (Å²) >= 11 is 0. The highest BCUT2D eigenvalue weighted by Gasteiger charge is 2.16. The maximum atomic E-state index is 12.1. The van der Waals surface area contributed by atoms with Gasteiger partial charge >= 0.3 is 15.7 Å². The van der Waals surface area contributed by atoms with Gasteiger partial charge in [0.15, 0.2) is 0 Å². The van der Waals surface area contributed by atoms with Crippen LogP contribution in [0.1, 0.15) is 32.6 Å². The van der Waals surface area contributed by atoms with Crippen LogP contribution in [0.15, 0.2) is 29.1 Å². The zero-order chi connectivity index (χ0) is 15.3. The highest BCUT2D eigenvalue weighted by atomic mass is 32.2. The molecular formula is C13H17N3O4S. The molecule has 0 N–H and O–H groups in total. The van der Waals surface area contributed by atoms with E-state index in [9.17, 15) is 13.2 Å². The van der Waals surface area contributed by atoms with E-state index in [2.05, 4.69) is 10.3 Å². The van der Waals surface area contributed by atoms with Crippen molar-refractivity contribution in [2.24, 2.45) is 0 Å². The summed E-state index contributed by atoms with van der Waals surface area (Å²) in [4.78, 5) is 12.5. The third-order valence-electron chi connectivity index (χ3n) is 2.97. The van der Waals surface area contributed by atoms with Crippen LogP contribution < -0.4 is 9.84 Å². The Bertz CT molecular complexity index is 770. The zero-order valence-electron chi connectivity index (χ0n) is 11.7. The van der Waals surface area contributed by atoms with Crippen molar-refractivity contribution >= 4 is 21.0 Å². The summed E-state index contributed by atoms with van der Waals surface area (Å²) in [6.45, 7) is 2.04. The van der Waals surface area contributed by atoms with E-state index in [4.69, 9.17) is 4.28 Å². The third kappa shape index (κ3) is 4.01. The molecule has 1 aromatic heterocycles. The first-order valence-electron chi connectivity index (χ1n) is 6.81. The van der Waals surface area contributed by atoms with E-state index in [-0.39, 0.29) is 11.1 Å². The molecule has 0 amide bonds. The Balaban J connectivity index is 2.16. The van der Waals surface area contributed by atoms with Crippen molar-refractivity contribution in [2.45, 2.75) is 32.6 Å². The smallest absolute Gasteiger partial charge is 0.264 e. The van der Waals surface area contributed by atoms with Crippen molar-refractivity contribution in [1.82, 2.24) is 15.2 Å². The van der Waals surface area contributed by atoms with Gasteiger partial charge in [-0.05, 0) is 28.6 Å². The molecular weight excluding hydrogens is 294 g/mol. The number of aromatic nitrogens is 3. The van der Waals surface area contributed by atoms with E-state index in [1.807, 2.05) is 6.92 Å². The summed E-state index contributed by atoms with van der Waals surface area (Å²) in [5.74, 6) is -0.145. The van der Waals surface area contributed by atoms with E-state index in [1.165, 1.54) is 0 Å². The number of hydrogen-bond acceptors (Lipinski definition) is 6. The quantitative estimate of drug-likeness (QED) is 0.712. The van der Waals surface area contributed by atoms with E-state index < -0.39 is 15.7 Å². The summed E-state index contributed by atoms with van der Waals surface area (Å²) in [7, 11) is -3.85. The molecule has 1 aromatic carbocycles. The first kappa shape index (κ1) is 15.4. The lowest BCUT2D eigenvalue weighted by molar-refractivity contribution is 0.215. The summed E-state index contributed by atoms with van der Waals surface area (Å²) in [6.07, 6.45) is 3.27. The average molecular weight is 311 g/mol. The lowest BCUT2D eigenvalue weighted by atomic mass is 10.2. The molecule has 1 heterocycles. The van der Waals surface area contributed by atoms with Crippen molar-refractivity contribution in [1.29, 1.82) is 0 Å². The van der Waals surface area contributed by atoms with Crippen molar-refractivity contribution < 1.29 is 12.7 Å². The zero-order valence-corrected chi connectivity index (χ0v) is 12.5. The summed E-state index contributed by atoms with van der Waals surface area (Å²) < 4.78 is 28.3. The van der Waals surface area contributed by atoms with Crippen molar-refractivity contribution in [2.75, 3.05) is 5.75 Å². The monoisotopic (exact) mass is 311 g/mol. The largest absolute Gasteiger partial charge is 0.328 e. The fraction of sp³-hybridized carbons (Fsp3) is 0.462. The minimum Gasteiger partial charge on any atom is -0.264 e. The van der Waals surface area contributed by atoms with Gasteiger partial charge in [-0.1, -0.05) is 38.3 Å². The van der Waals surface area contributed by atoms with E-state index >= 15 is 0 Å². The lowest BCUT2D eigenvalue weighted by Gasteiger charge is -2.06. The lowest BCUT2D eigenvalue weighted by Crippen LogP contribution is -2.34. The van der Waals surface area contributed by atoms with Crippen LogP contribution in [0.3, 0.4) is 0 Å². The molecule has 2 rings (SSSR count). The molecule has 21 heavy (non-hydrogen) atoms. The highest BCUT2D eigenvalue weighted by molar-refractivity contribution is 7.86. The summed E-state index contributed by atoms with van der Waals surface area (Å²) in [5.41, 5.74) is -0.250. The molecule has 0 aliphatic carbocycles.